The Morgan fingerprint density at radius 1 is 1.40 bits per heavy atom. The molecule has 154 valence electrons. The second-order valence-corrected chi connectivity index (χ2v) is 6.95. The van der Waals surface area contributed by atoms with E-state index in [0.29, 0.717) is 24.6 Å². The number of anilines is 1. The van der Waals surface area contributed by atoms with Crippen LogP contribution in [0.1, 0.15) is 35.8 Å². The van der Waals surface area contributed by atoms with E-state index < -0.39 is 11.4 Å². The Kier molecular flexibility index (Phi) is 5.97. The summed E-state index contributed by atoms with van der Waals surface area (Å²) < 4.78 is 5.32. The molecule has 0 fully saturated rings. The molecule has 0 saturated heterocycles. The van der Waals surface area contributed by atoms with Crippen molar-refractivity contribution in [1.82, 2.24) is 14.9 Å². The minimum absolute atomic E-state index is 0.126. The standard InChI is InChI=1S/C21H22N6O3/c1-4-5-9-30-17-13-23-16(12-24-17)19(29)25-15-8-6-7-14(10-15)21(2)11-18(28)27(3)20(22)26-21/h1,6-8,10,12-13H,5,9,11H2,2-3H3,(H2,22,26)(H,25,29). The lowest BCUT2D eigenvalue weighted by Gasteiger charge is -2.33. The fourth-order valence-corrected chi connectivity index (χ4v) is 2.92. The van der Waals surface area contributed by atoms with Gasteiger partial charge in [-0.1, -0.05) is 12.1 Å². The molecule has 1 aliphatic rings. The Bertz CT molecular complexity index is 1030. The first-order valence-corrected chi connectivity index (χ1v) is 9.24. The molecule has 1 unspecified atom stereocenters. The van der Waals surface area contributed by atoms with Gasteiger partial charge >= 0.3 is 0 Å². The number of carbonyl (C=O) groups excluding carboxylic acids is 2. The number of hydrogen-bond acceptors (Lipinski definition) is 7. The highest BCUT2D eigenvalue weighted by Gasteiger charge is 2.36. The number of nitrogens with zero attached hydrogens (tertiary/aromatic N) is 4. The van der Waals surface area contributed by atoms with Gasteiger partial charge in [0.05, 0.1) is 24.4 Å². The van der Waals surface area contributed by atoms with Crippen LogP contribution in [0, 0.1) is 12.3 Å². The summed E-state index contributed by atoms with van der Waals surface area (Å²) in [4.78, 5) is 38.6. The number of amides is 2. The molecule has 0 bridgehead atoms. The van der Waals surface area contributed by atoms with Crippen LogP contribution in [0.4, 0.5) is 5.69 Å². The maximum atomic E-state index is 12.5. The third kappa shape index (κ3) is 4.55. The molecule has 1 aliphatic heterocycles. The Morgan fingerprint density at radius 2 is 2.20 bits per heavy atom. The first-order chi connectivity index (χ1) is 14.3. The predicted octanol–water partition coefficient (Wildman–Crippen LogP) is 1.52. The van der Waals surface area contributed by atoms with E-state index in [4.69, 9.17) is 16.9 Å². The van der Waals surface area contributed by atoms with Gasteiger partial charge in [-0.25, -0.2) is 15.0 Å². The molecule has 1 atom stereocenters. The van der Waals surface area contributed by atoms with E-state index >= 15 is 0 Å². The Hall–Kier alpha value is -3.93. The number of nitrogens with two attached hydrogens (primary N) is 1. The Balaban J connectivity index is 1.73. The highest BCUT2D eigenvalue weighted by molar-refractivity contribution is 6.03. The molecule has 30 heavy (non-hydrogen) atoms. The number of carbonyl (C=O) groups is 2. The molecule has 1 aromatic heterocycles. The zero-order valence-corrected chi connectivity index (χ0v) is 16.8. The van der Waals surface area contributed by atoms with Crippen molar-refractivity contribution in [3.05, 3.63) is 47.9 Å². The summed E-state index contributed by atoms with van der Waals surface area (Å²) in [6.07, 6.45) is 8.49. The van der Waals surface area contributed by atoms with E-state index in [-0.39, 0.29) is 24.0 Å². The molecule has 0 radical (unpaired) electrons. The molecule has 9 heteroatoms. The van der Waals surface area contributed by atoms with E-state index in [1.807, 2.05) is 13.0 Å². The number of nitrogens with one attached hydrogen (secondary N) is 1. The van der Waals surface area contributed by atoms with Crippen LogP contribution in [0.25, 0.3) is 0 Å². The number of terminal acetylenes is 1. The third-order valence-corrected chi connectivity index (χ3v) is 4.67. The first kappa shape index (κ1) is 20.8. The average molecular weight is 406 g/mol. The normalized spacial score (nSPS) is 18.4. The molecule has 2 aromatic rings. The minimum Gasteiger partial charge on any atom is -0.476 e. The number of benzene rings is 1. The number of hydrogen-bond donors (Lipinski definition) is 2. The molecular weight excluding hydrogens is 384 g/mol. The molecule has 0 spiro atoms. The monoisotopic (exact) mass is 406 g/mol. The highest BCUT2D eigenvalue weighted by Crippen LogP contribution is 2.34. The van der Waals surface area contributed by atoms with Crippen molar-refractivity contribution < 1.29 is 14.3 Å². The van der Waals surface area contributed by atoms with Gasteiger partial charge in [-0.05, 0) is 24.6 Å². The molecule has 0 saturated carbocycles. The predicted molar refractivity (Wildman–Crippen MR) is 112 cm³/mol. The van der Waals surface area contributed by atoms with Crippen LogP contribution in [0.3, 0.4) is 0 Å². The van der Waals surface area contributed by atoms with E-state index in [0.717, 1.165) is 5.56 Å². The van der Waals surface area contributed by atoms with Crippen LogP contribution in [0.5, 0.6) is 5.88 Å². The fraction of sp³-hybridized carbons (Fsp3) is 0.286. The second-order valence-electron chi connectivity index (χ2n) is 6.95. The summed E-state index contributed by atoms with van der Waals surface area (Å²) in [6, 6.07) is 7.11. The van der Waals surface area contributed by atoms with Gasteiger partial charge < -0.3 is 15.8 Å². The molecule has 0 aliphatic carbocycles. The summed E-state index contributed by atoms with van der Waals surface area (Å²) in [5.41, 5.74) is 6.49. The van der Waals surface area contributed by atoms with Gasteiger partial charge in [0, 0.05) is 19.2 Å². The number of rotatable bonds is 6. The first-order valence-electron chi connectivity index (χ1n) is 9.24. The van der Waals surface area contributed by atoms with Crippen LogP contribution in [-0.4, -0.2) is 46.3 Å². The van der Waals surface area contributed by atoms with Crippen LogP contribution in [0.15, 0.2) is 41.7 Å². The van der Waals surface area contributed by atoms with Gasteiger partial charge in [-0.15, -0.1) is 12.3 Å². The van der Waals surface area contributed by atoms with Gasteiger partial charge in [0.2, 0.25) is 11.8 Å². The lowest BCUT2D eigenvalue weighted by atomic mass is 9.87. The van der Waals surface area contributed by atoms with Gasteiger partial charge in [0.25, 0.3) is 5.91 Å². The van der Waals surface area contributed by atoms with Crippen LogP contribution in [-0.2, 0) is 10.3 Å². The highest BCUT2D eigenvalue weighted by atomic mass is 16.5. The van der Waals surface area contributed by atoms with Crippen molar-refractivity contribution in [2.45, 2.75) is 25.3 Å². The lowest BCUT2D eigenvalue weighted by molar-refractivity contribution is -0.128. The minimum atomic E-state index is -0.814. The smallest absolute Gasteiger partial charge is 0.275 e. The van der Waals surface area contributed by atoms with Crippen molar-refractivity contribution in [3.63, 3.8) is 0 Å². The summed E-state index contributed by atoms with van der Waals surface area (Å²) in [7, 11) is 1.59. The largest absolute Gasteiger partial charge is 0.476 e. The molecule has 3 N–H and O–H groups in total. The topological polar surface area (TPSA) is 123 Å². The number of aliphatic imine (C=N–C) groups is 1. The average Bonchev–Trinajstić information content (AvgIpc) is 2.73. The maximum Gasteiger partial charge on any atom is 0.275 e. The van der Waals surface area contributed by atoms with Crippen molar-refractivity contribution in [3.8, 4) is 18.2 Å². The van der Waals surface area contributed by atoms with Gasteiger partial charge in [-0.3, -0.25) is 14.5 Å². The molecule has 9 nitrogen and oxygen atoms in total. The second kappa shape index (κ2) is 8.61. The molecule has 2 amide bonds. The quantitative estimate of drug-likeness (QED) is 0.554. The zero-order valence-electron chi connectivity index (χ0n) is 16.8. The van der Waals surface area contributed by atoms with E-state index in [1.165, 1.54) is 17.3 Å². The van der Waals surface area contributed by atoms with Gasteiger partial charge in [0.15, 0.2) is 5.96 Å². The zero-order chi connectivity index (χ0) is 21.7. The summed E-state index contributed by atoms with van der Waals surface area (Å²) in [5, 5.41) is 2.77. The molecule has 2 heterocycles. The van der Waals surface area contributed by atoms with Crippen molar-refractivity contribution in [1.29, 1.82) is 0 Å². The Labute approximate surface area is 174 Å². The number of aromatic nitrogens is 2. The van der Waals surface area contributed by atoms with Gasteiger partial charge in [-0.2, -0.15) is 0 Å². The van der Waals surface area contributed by atoms with Crippen molar-refractivity contribution >= 4 is 23.5 Å². The van der Waals surface area contributed by atoms with E-state index in [1.54, 1.807) is 25.2 Å². The lowest BCUT2D eigenvalue weighted by Crippen LogP contribution is -2.47. The molecule has 1 aromatic carbocycles. The van der Waals surface area contributed by atoms with Crippen molar-refractivity contribution in [2.24, 2.45) is 10.7 Å². The van der Waals surface area contributed by atoms with E-state index in [9.17, 15) is 9.59 Å². The van der Waals surface area contributed by atoms with Crippen LogP contribution >= 0.6 is 0 Å². The Morgan fingerprint density at radius 3 is 2.87 bits per heavy atom. The van der Waals surface area contributed by atoms with Crippen LogP contribution in [0.2, 0.25) is 0 Å². The summed E-state index contributed by atoms with van der Waals surface area (Å²) >= 11 is 0. The molecular formula is C21H22N6O3. The maximum absolute atomic E-state index is 12.5. The number of guanidine groups is 1. The SMILES string of the molecule is C#CCCOc1cnc(C(=O)Nc2cccc(C3(C)CC(=O)N(C)C(N)=N3)c2)cn1. The third-order valence-electron chi connectivity index (χ3n) is 4.67. The van der Waals surface area contributed by atoms with Gasteiger partial charge in [0.1, 0.15) is 12.3 Å². The molecule has 3 rings (SSSR count). The summed E-state index contributed by atoms with van der Waals surface area (Å²) in [6.45, 7) is 2.16. The van der Waals surface area contributed by atoms with Crippen molar-refractivity contribution in [2.75, 3.05) is 19.0 Å². The summed E-state index contributed by atoms with van der Waals surface area (Å²) in [5.74, 6) is 2.35. The van der Waals surface area contributed by atoms with E-state index in [2.05, 4.69) is 26.2 Å². The fourth-order valence-electron chi connectivity index (χ4n) is 2.92. The van der Waals surface area contributed by atoms with Crippen LogP contribution < -0.4 is 15.8 Å². The number of ether oxygens (including phenoxy) is 1.